The van der Waals surface area contributed by atoms with E-state index in [2.05, 4.69) is 17.2 Å². The quantitative estimate of drug-likeness (QED) is 0.195. The van der Waals surface area contributed by atoms with Crippen molar-refractivity contribution in [1.82, 2.24) is 4.90 Å². The summed E-state index contributed by atoms with van der Waals surface area (Å²) >= 11 is 1.06. The Bertz CT molecular complexity index is 1430. The van der Waals surface area contributed by atoms with Crippen molar-refractivity contribution >= 4 is 40.1 Å². The maximum absolute atomic E-state index is 13.4. The summed E-state index contributed by atoms with van der Waals surface area (Å²) in [4.78, 5) is 32.5. The Hall–Kier alpha value is -3.99. The molecule has 1 N–H and O–H groups in total. The van der Waals surface area contributed by atoms with Gasteiger partial charge >= 0.3 is 6.18 Å². The number of nitrogens with one attached hydrogen (secondary N) is 1. The summed E-state index contributed by atoms with van der Waals surface area (Å²) in [6.07, 6.45) is 0.253. The van der Waals surface area contributed by atoms with Crippen LogP contribution in [0.5, 0.6) is 11.5 Å². The molecule has 11 heteroatoms. The number of thioether (sulfide) groups is 1. The molecule has 0 aliphatic carbocycles. The van der Waals surface area contributed by atoms with Gasteiger partial charge in [0, 0.05) is 18.7 Å². The zero-order chi connectivity index (χ0) is 31.5. The Morgan fingerprint density at radius 2 is 1.75 bits per heavy atom. The van der Waals surface area contributed by atoms with Crippen molar-refractivity contribution in [3.8, 4) is 11.5 Å². The molecule has 1 heterocycles. The number of methoxy groups -OCH3 is 1. The third kappa shape index (κ3) is 9.51. The predicted molar refractivity (Wildman–Crippen MR) is 168 cm³/mol. The van der Waals surface area contributed by atoms with E-state index in [1.54, 1.807) is 31.4 Å². The summed E-state index contributed by atoms with van der Waals surface area (Å²) in [6, 6.07) is 19.0. The maximum Gasteiger partial charge on any atom is 0.416 e. The van der Waals surface area contributed by atoms with Gasteiger partial charge in [0.15, 0.2) is 5.17 Å². The minimum Gasteiger partial charge on any atom is -0.497 e. The molecule has 44 heavy (non-hydrogen) atoms. The SMILES string of the molecule is CCCCCCOc1ccc(NC(=O)C2CC(=O)N(CCc3ccc(OC)cc3)C(=Nc3cccc(C(F)(F)F)c3)S2)cc1. The third-order valence-electron chi connectivity index (χ3n) is 7.00. The number of anilines is 1. The predicted octanol–water partition coefficient (Wildman–Crippen LogP) is 7.88. The minimum absolute atomic E-state index is 0.0379. The van der Waals surface area contributed by atoms with Crippen LogP contribution in [-0.4, -0.2) is 47.4 Å². The van der Waals surface area contributed by atoms with Gasteiger partial charge in [0.25, 0.3) is 0 Å². The molecule has 0 aromatic heterocycles. The van der Waals surface area contributed by atoms with Crippen LogP contribution in [-0.2, 0) is 22.2 Å². The van der Waals surface area contributed by atoms with E-state index < -0.39 is 22.9 Å². The normalized spacial score (nSPS) is 16.2. The first-order valence-corrected chi connectivity index (χ1v) is 15.4. The van der Waals surface area contributed by atoms with E-state index >= 15 is 0 Å². The molecule has 0 bridgehead atoms. The number of amidine groups is 1. The number of carbonyl (C=O) groups is 2. The van der Waals surface area contributed by atoms with E-state index in [0.717, 1.165) is 48.7 Å². The van der Waals surface area contributed by atoms with Crippen molar-refractivity contribution < 1.29 is 32.2 Å². The topological polar surface area (TPSA) is 80.2 Å². The van der Waals surface area contributed by atoms with Gasteiger partial charge in [-0.25, -0.2) is 4.99 Å². The van der Waals surface area contributed by atoms with Crippen LogP contribution in [0.15, 0.2) is 77.8 Å². The zero-order valence-corrected chi connectivity index (χ0v) is 25.5. The van der Waals surface area contributed by atoms with E-state index in [-0.39, 0.29) is 29.7 Å². The van der Waals surface area contributed by atoms with Crippen LogP contribution in [0, 0.1) is 0 Å². The van der Waals surface area contributed by atoms with Gasteiger partial charge in [0.1, 0.15) is 16.7 Å². The average Bonchev–Trinajstić information content (AvgIpc) is 3.01. The molecule has 0 spiro atoms. The van der Waals surface area contributed by atoms with E-state index in [1.165, 1.54) is 23.5 Å². The maximum atomic E-state index is 13.4. The number of amides is 2. The standard InChI is InChI=1S/C33H36F3N3O4S/c1-3-4-5-6-20-43-28-16-12-25(13-17-28)37-31(41)29-22-30(40)39(19-18-23-10-14-27(42-2)15-11-23)32(44-29)38-26-9-7-8-24(21-26)33(34,35)36/h7-17,21,29H,3-6,18-20,22H2,1-2H3,(H,37,41). The highest BCUT2D eigenvalue weighted by Crippen LogP contribution is 2.34. The lowest BCUT2D eigenvalue weighted by Gasteiger charge is -2.32. The number of alkyl halides is 3. The van der Waals surface area contributed by atoms with Gasteiger partial charge in [-0.3, -0.25) is 14.5 Å². The smallest absolute Gasteiger partial charge is 0.416 e. The Morgan fingerprint density at radius 3 is 2.43 bits per heavy atom. The second-order valence-electron chi connectivity index (χ2n) is 10.3. The molecular weight excluding hydrogens is 591 g/mol. The number of ether oxygens (including phenoxy) is 2. The molecule has 0 saturated carbocycles. The molecule has 3 aromatic rings. The monoisotopic (exact) mass is 627 g/mol. The summed E-state index contributed by atoms with van der Waals surface area (Å²) in [5.41, 5.74) is 0.671. The summed E-state index contributed by atoms with van der Waals surface area (Å²) in [7, 11) is 1.57. The van der Waals surface area contributed by atoms with Crippen LogP contribution in [0.1, 0.15) is 50.2 Å². The van der Waals surface area contributed by atoms with Gasteiger partial charge in [-0.2, -0.15) is 13.2 Å². The van der Waals surface area contributed by atoms with Crippen LogP contribution in [0.25, 0.3) is 0 Å². The van der Waals surface area contributed by atoms with Gasteiger partial charge < -0.3 is 14.8 Å². The summed E-state index contributed by atoms with van der Waals surface area (Å²) in [5, 5.41) is 2.19. The largest absolute Gasteiger partial charge is 0.497 e. The van der Waals surface area contributed by atoms with Crippen molar-refractivity contribution in [3.63, 3.8) is 0 Å². The number of hydrogen-bond donors (Lipinski definition) is 1. The lowest BCUT2D eigenvalue weighted by atomic mass is 10.1. The van der Waals surface area contributed by atoms with Crippen molar-refractivity contribution in [3.05, 3.63) is 83.9 Å². The molecule has 1 aliphatic heterocycles. The second kappa shape index (κ2) is 15.7. The molecular formula is C33H36F3N3O4S. The number of unbranched alkanes of at least 4 members (excludes halogenated alkanes) is 3. The summed E-state index contributed by atoms with van der Waals surface area (Å²) in [5.74, 6) is 0.659. The van der Waals surface area contributed by atoms with E-state index in [1.807, 2.05) is 24.3 Å². The first kappa shape index (κ1) is 32.9. The van der Waals surface area contributed by atoms with Crippen LogP contribution in [0.4, 0.5) is 24.5 Å². The van der Waals surface area contributed by atoms with Gasteiger partial charge in [-0.15, -0.1) is 0 Å². The summed E-state index contributed by atoms with van der Waals surface area (Å²) in [6.45, 7) is 3.01. The van der Waals surface area contributed by atoms with Crippen LogP contribution >= 0.6 is 11.8 Å². The average molecular weight is 628 g/mol. The Morgan fingerprint density at radius 1 is 1.02 bits per heavy atom. The Balaban J connectivity index is 1.48. The fraction of sp³-hybridized carbons (Fsp3) is 0.364. The van der Waals surface area contributed by atoms with Crippen LogP contribution in [0.3, 0.4) is 0 Å². The lowest BCUT2D eigenvalue weighted by Crippen LogP contribution is -2.46. The highest BCUT2D eigenvalue weighted by molar-refractivity contribution is 8.15. The molecule has 0 radical (unpaired) electrons. The highest BCUT2D eigenvalue weighted by atomic mass is 32.2. The molecule has 1 aliphatic rings. The van der Waals surface area contributed by atoms with Crippen LogP contribution in [0.2, 0.25) is 0 Å². The molecule has 1 fully saturated rings. The lowest BCUT2D eigenvalue weighted by molar-refractivity contribution is -0.137. The van der Waals surface area contributed by atoms with Crippen molar-refractivity contribution in [1.29, 1.82) is 0 Å². The zero-order valence-electron chi connectivity index (χ0n) is 24.7. The molecule has 1 unspecified atom stereocenters. The Labute approximate surface area is 259 Å². The fourth-order valence-electron chi connectivity index (χ4n) is 4.53. The van der Waals surface area contributed by atoms with Gasteiger partial charge in [-0.1, -0.05) is 56.1 Å². The molecule has 3 aromatic carbocycles. The number of rotatable bonds is 13. The first-order valence-electron chi connectivity index (χ1n) is 14.6. The van der Waals surface area contributed by atoms with Crippen LogP contribution < -0.4 is 14.8 Å². The number of hydrogen-bond acceptors (Lipinski definition) is 6. The number of nitrogens with zero attached hydrogens (tertiary/aromatic N) is 2. The molecule has 1 atom stereocenters. The van der Waals surface area contributed by atoms with Gasteiger partial charge in [0.2, 0.25) is 11.8 Å². The first-order chi connectivity index (χ1) is 21.2. The van der Waals surface area contributed by atoms with E-state index in [4.69, 9.17) is 9.47 Å². The second-order valence-corrected chi connectivity index (χ2v) is 11.5. The highest BCUT2D eigenvalue weighted by Gasteiger charge is 2.36. The van der Waals surface area contributed by atoms with Crippen molar-refractivity contribution in [2.24, 2.45) is 4.99 Å². The number of halogens is 3. The van der Waals surface area contributed by atoms with Crippen molar-refractivity contribution in [2.75, 3.05) is 25.6 Å². The molecule has 7 nitrogen and oxygen atoms in total. The molecule has 4 rings (SSSR count). The van der Waals surface area contributed by atoms with E-state index in [9.17, 15) is 22.8 Å². The molecule has 2 amide bonds. The fourth-order valence-corrected chi connectivity index (χ4v) is 5.66. The number of carbonyl (C=O) groups excluding carboxylic acids is 2. The van der Waals surface area contributed by atoms with Gasteiger partial charge in [0.05, 0.1) is 25.0 Å². The van der Waals surface area contributed by atoms with Crippen molar-refractivity contribution in [2.45, 2.75) is 56.9 Å². The summed E-state index contributed by atoms with van der Waals surface area (Å²) < 4.78 is 51.1. The Kier molecular flexibility index (Phi) is 11.7. The molecule has 1 saturated heterocycles. The minimum atomic E-state index is -4.54. The van der Waals surface area contributed by atoms with Gasteiger partial charge in [-0.05, 0) is 73.0 Å². The van der Waals surface area contributed by atoms with E-state index in [0.29, 0.717) is 30.2 Å². The third-order valence-corrected chi connectivity index (χ3v) is 8.19. The number of aliphatic imine (C=N–C) groups is 1. The number of benzene rings is 3. The molecule has 234 valence electrons.